The number of aliphatic hydroxyl groups excluding tert-OH is 1. The molecule has 0 fully saturated rings. The Kier molecular flexibility index (Phi) is 3.03. The number of fused-ring (bicyclic) bond motifs is 1. The normalized spacial score (nSPS) is 14.9. The Balaban J connectivity index is 2.55. The summed E-state index contributed by atoms with van der Waals surface area (Å²) < 4.78 is 11.1. The van der Waals surface area contributed by atoms with Crippen molar-refractivity contribution in [2.75, 3.05) is 13.2 Å². The Morgan fingerprint density at radius 2 is 2.00 bits per heavy atom. The van der Waals surface area contributed by atoms with Crippen LogP contribution in [0.3, 0.4) is 0 Å². The minimum absolute atomic E-state index is 0.0395. The van der Waals surface area contributed by atoms with Gasteiger partial charge in [0.05, 0.1) is 24.8 Å². The quantitative estimate of drug-likeness (QED) is 0.802. The Labute approximate surface area is 93.6 Å². The van der Waals surface area contributed by atoms with Crippen LogP contribution >= 0.6 is 11.6 Å². The lowest BCUT2D eigenvalue weighted by Crippen LogP contribution is -1.99. The molecule has 0 aromatic heterocycles. The van der Waals surface area contributed by atoms with Crippen LogP contribution < -0.4 is 9.47 Å². The van der Waals surface area contributed by atoms with E-state index < -0.39 is 0 Å². The van der Waals surface area contributed by atoms with Gasteiger partial charge < -0.3 is 14.6 Å². The molecule has 15 heavy (non-hydrogen) atoms. The smallest absolute Gasteiger partial charge is 0.180 e. The molecule has 1 aromatic rings. The summed E-state index contributed by atoms with van der Waals surface area (Å²) in [6, 6.07) is 1.73. The third kappa shape index (κ3) is 1.90. The second kappa shape index (κ2) is 4.29. The van der Waals surface area contributed by atoms with Crippen LogP contribution in [0.4, 0.5) is 0 Å². The first-order valence-corrected chi connectivity index (χ1v) is 5.30. The number of benzene rings is 1. The molecule has 1 aromatic carbocycles. The van der Waals surface area contributed by atoms with Crippen LogP contribution in [0.5, 0.6) is 11.5 Å². The molecular formula is C11H13ClO3. The molecular weight excluding hydrogens is 216 g/mol. The van der Waals surface area contributed by atoms with Gasteiger partial charge in [-0.15, -0.1) is 0 Å². The van der Waals surface area contributed by atoms with E-state index in [0.717, 1.165) is 17.5 Å². The Morgan fingerprint density at radius 1 is 1.33 bits per heavy atom. The zero-order valence-corrected chi connectivity index (χ0v) is 9.30. The van der Waals surface area contributed by atoms with Crippen molar-refractivity contribution in [3.63, 3.8) is 0 Å². The van der Waals surface area contributed by atoms with E-state index in [2.05, 4.69) is 0 Å². The van der Waals surface area contributed by atoms with Crippen LogP contribution in [-0.2, 0) is 6.61 Å². The van der Waals surface area contributed by atoms with Crippen molar-refractivity contribution in [2.24, 2.45) is 0 Å². The fourth-order valence-electron chi connectivity index (χ4n) is 1.63. The Hall–Kier alpha value is -0.930. The van der Waals surface area contributed by atoms with Gasteiger partial charge in [-0.05, 0) is 18.6 Å². The van der Waals surface area contributed by atoms with E-state index in [1.807, 2.05) is 6.92 Å². The van der Waals surface area contributed by atoms with Gasteiger partial charge in [0.2, 0.25) is 0 Å². The van der Waals surface area contributed by atoms with Gasteiger partial charge in [-0.25, -0.2) is 0 Å². The molecule has 0 spiro atoms. The summed E-state index contributed by atoms with van der Waals surface area (Å²) in [6.45, 7) is 3.10. The third-order valence-electron chi connectivity index (χ3n) is 2.50. The Morgan fingerprint density at radius 3 is 2.67 bits per heavy atom. The van der Waals surface area contributed by atoms with Crippen molar-refractivity contribution >= 4 is 11.6 Å². The SMILES string of the molecule is Cc1c(CO)cc(Cl)c2c1OCCCO2. The molecule has 1 aliphatic heterocycles. The first-order chi connectivity index (χ1) is 7.24. The number of hydrogen-bond donors (Lipinski definition) is 1. The molecule has 82 valence electrons. The molecule has 1 N–H and O–H groups in total. The van der Waals surface area contributed by atoms with Gasteiger partial charge in [0.25, 0.3) is 0 Å². The fraction of sp³-hybridized carbons (Fsp3) is 0.455. The van der Waals surface area contributed by atoms with E-state index in [-0.39, 0.29) is 6.61 Å². The van der Waals surface area contributed by atoms with Gasteiger partial charge in [-0.1, -0.05) is 11.6 Å². The number of hydrogen-bond acceptors (Lipinski definition) is 3. The van der Waals surface area contributed by atoms with Gasteiger partial charge in [0, 0.05) is 12.0 Å². The average Bonchev–Trinajstić information content (AvgIpc) is 2.49. The largest absolute Gasteiger partial charge is 0.489 e. The summed E-state index contributed by atoms with van der Waals surface area (Å²) in [5, 5.41) is 9.66. The number of rotatable bonds is 1. The first-order valence-electron chi connectivity index (χ1n) is 4.92. The molecule has 0 atom stereocenters. The number of aliphatic hydroxyl groups is 1. The van der Waals surface area contributed by atoms with E-state index in [9.17, 15) is 0 Å². The van der Waals surface area contributed by atoms with Crippen molar-refractivity contribution in [1.82, 2.24) is 0 Å². The maximum Gasteiger partial charge on any atom is 0.180 e. The minimum Gasteiger partial charge on any atom is -0.489 e. The van der Waals surface area contributed by atoms with E-state index in [0.29, 0.717) is 29.7 Å². The van der Waals surface area contributed by atoms with Gasteiger partial charge in [0.1, 0.15) is 0 Å². The summed E-state index contributed by atoms with van der Waals surface area (Å²) in [6.07, 6.45) is 0.846. The standard InChI is InChI=1S/C11H13ClO3/c1-7-8(6-13)5-9(12)11-10(7)14-3-2-4-15-11/h5,13H,2-4,6H2,1H3. The molecule has 0 amide bonds. The van der Waals surface area contributed by atoms with E-state index in [4.69, 9.17) is 26.2 Å². The minimum atomic E-state index is -0.0395. The van der Waals surface area contributed by atoms with E-state index in [1.54, 1.807) is 6.07 Å². The number of halogens is 1. The zero-order valence-electron chi connectivity index (χ0n) is 8.55. The molecule has 0 unspecified atom stereocenters. The third-order valence-corrected chi connectivity index (χ3v) is 2.78. The second-order valence-corrected chi connectivity index (χ2v) is 3.92. The lowest BCUT2D eigenvalue weighted by atomic mass is 10.1. The number of ether oxygens (including phenoxy) is 2. The highest BCUT2D eigenvalue weighted by Crippen LogP contribution is 2.41. The van der Waals surface area contributed by atoms with Crippen LogP contribution in [0, 0.1) is 6.92 Å². The monoisotopic (exact) mass is 228 g/mol. The highest BCUT2D eigenvalue weighted by molar-refractivity contribution is 6.32. The van der Waals surface area contributed by atoms with Crippen LogP contribution in [0.2, 0.25) is 5.02 Å². The summed E-state index contributed by atoms with van der Waals surface area (Å²) >= 11 is 6.05. The molecule has 4 heteroatoms. The lowest BCUT2D eigenvalue weighted by Gasteiger charge is -2.14. The van der Waals surface area contributed by atoms with Gasteiger partial charge >= 0.3 is 0 Å². The van der Waals surface area contributed by atoms with Crippen LogP contribution in [0.15, 0.2) is 6.07 Å². The zero-order chi connectivity index (χ0) is 10.8. The fourth-order valence-corrected chi connectivity index (χ4v) is 1.90. The van der Waals surface area contributed by atoms with Crippen molar-refractivity contribution < 1.29 is 14.6 Å². The van der Waals surface area contributed by atoms with Crippen molar-refractivity contribution in [2.45, 2.75) is 20.0 Å². The lowest BCUT2D eigenvalue weighted by molar-refractivity contribution is 0.278. The van der Waals surface area contributed by atoms with Crippen LogP contribution in [0.25, 0.3) is 0 Å². The van der Waals surface area contributed by atoms with Gasteiger partial charge in [-0.3, -0.25) is 0 Å². The van der Waals surface area contributed by atoms with Gasteiger partial charge in [-0.2, -0.15) is 0 Å². The highest BCUT2D eigenvalue weighted by atomic mass is 35.5. The summed E-state index contributed by atoms with van der Waals surface area (Å²) in [5.74, 6) is 1.27. The van der Waals surface area contributed by atoms with E-state index in [1.165, 1.54) is 0 Å². The molecule has 0 saturated carbocycles. The predicted molar refractivity (Wildman–Crippen MR) is 57.7 cm³/mol. The maximum absolute atomic E-state index is 9.16. The molecule has 1 heterocycles. The second-order valence-electron chi connectivity index (χ2n) is 3.51. The summed E-state index contributed by atoms with van der Waals surface area (Å²) in [7, 11) is 0. The highest BCUT2D eigenvalue weighted by Gasteiger charge is 2.19. The molecule has 0 radical (unpaired) electrons. The van der Waals surface area contributed by atoms with Gasteiger partial charge in [0.15, 0.2) is 11.5 Å². The van der Waals surface area contributed by atoms with Crippen LogP contribution in [0.1, 0.15) is 17.5 Å². The molecule has 0 aliphatic carbocycles. The molecule has 0 bridgehead atoms. The molecule has 1 aliphatic rings. The van der Waals surface area contributed by atoms with Crippen molar-refractivity contribution in [1.29, 1.82) is 0 Å². The molecule has 2 rings (SSSR count). The predicted octanol–water partition coefficient (Wildman–Crippen LogP) is 2.30. The Bertz CT molecular complexity index is 377. The van der Waals surface area contributed by atoms with Crippen molar-refractivity contribution in [3.8, 4) is 11.5 Å². The van der Waals surface area contributed by atoms with Crippen molar-refractivity contribution in [3.05, 3.63) is 22.2 Å². The maximum atomic E-state index is 9.16. The topological polar surface area (TPSA) is 38.7 Å². The summed E-state index contributed by atoms with van der Waals surface area (Å²) in [5.41, 5.74) is 1.68. The molecule has 0 saturated heterocycles. The van der Waals surface area contributed by atoms with E-state index >= 15 is 0 Å². The first kappa shape index (κ1) is 10.6. The average molecular weight is 229 g/mol. The molecule has 3 nitrogen and oxygen atoms in total. The summed E-state index contributed by atoms with van der Waals surface area (Å²) in [4.78, 5) is 0. The van der Waals surface area contributed by atoms with Crippen LogP contribution in [-0.4, -0.2) is 18.3 Å².